The highest BCUT2D eigenvalue weighted by Gasteiger charge is 2.54. The number of allylic oxidation sites excluding steroid dienone is 2. The van der Waals surface area contributed by atoms with Crippen molar-refractivity contribution in [3.05, 3.63) is 12.2 Å². The average Bonchev–Trinajstić information content (AvgIpc) is 2.38. The molecule has 0 unspecified atom stereocenters. The Balaban J connectivity index is 2.26. The second-order valence-corrected chi connectivity index (χ2v) is 2.79. The van der Waals surface area contributed by atoms with Crippen LogP contribution in [0.5, 0.6) is 0 Å². The smallest absolute Gasteiger partial charge is 0.127 e. The molecule has 0 bridgehead atoms. The summed E-state index contributed by atoms with van der Waals surface area (Å²) in [7, 11) is 0. The van der Waals surface area contributed by atoms with Crippen LogP contribution in [0.4, 0.5) is 0 Å². The highest BCUT2D eigenvalue weighted by atomic mass is 16.1. The Morgan fingerprint density at radius 1 is 1.75 bits per heavy atom. The zero-order chi connectivity index (χ0) is 5.61. The Morgan fingerprint density at radius 2 is 2.62 bits per heavy atom. The van der Waals surface area contributed by atoms with Crippen molar-refractivity contribution < 1.29 is 4.79 Å². The number of carbonyl (C=O) groups is 1. The molecule has 8 heavy (non-hydrogen) atoms. The highest BCUT2D eigenvalue weighted by Crippen LogP contribution is 2.58. The van der Waals surface area contributed by atoms with Crippen LogP contribution in [0.25, 0.3) is 0 Å². The second kappa shape index (κ2) is 1.04. The molecule has 1 heteroatoms. The number of fused-ring (bicyclic) bond motifs is 1. The van der Waals surface area contributed by atoms with Gasteiger partial charge < -0.3 is 4.79 Å². The van der Waals surface area contributed by atoms with E-state index in [1.54, 1.807) is 0 Å². The molecule has 1 fully saturated rings. The van der Waals surface area contributed by atoms with Gasteiger partial charge in [0.25, 0.3) is 0 Å². The Kier molecular flexibility index (Phi) is 0.561. The molecule has 2 atom stereocenters. The Labute approximate surface area is 48.4 Å². The van der Waals surface area contributed by atoms with Gasteiger partial charge in [-0.3, -0.25) is 0 Å². The first-order chi connectivity index (χ1) is 3.87. The summed E-state index contributed by atoms with van der Waals surface area (Å²) in [4.78, 5) is 10.3. The molecule has 0 spiro atoms. The van der Waals surface area contributed by atoms with Crippen LogP contribution in [-0.4, -0.2) is 6.29 Å². The fourth-order valence-electron chi connectivity index (χ4n) is 1.48. The third-order valence-corrected chi connectivity index (χ3v) is 2.28. The molecular formula is C7H8O. The number of carbonyl (C=O) groups excluding carboxylic acids is 1. The lowest BCUT2D eigenvalue weighted by Gasteiger charge is -1.94. The monoisotopic (exact) mass is 108 g/mol. The summed E-state index contributed by atoms with van der Waals surface area (Å²) in [5, 5.41) is 0. The van der Waals surface area contributed by atoms with Crippen molar-refractivity contribution in [2.45, 2.75) is 12.8 Å². The summed E-state index contributed by atoms with van der Waals surface area (Å²) in [6.07, 6.45) is 7.52. The number of rotatable bonds is 1. The molecule has 2 aliphatic carbocycles. The number of hydrogen-bond donors (Lipinski definition) is 0. The second-order valence-electron chi connectivity index (χ2n) is 2.79. The van der Waals surface area contributed by atoms with Crippen molar-refractivity contribution in [2.24, 2.45) is 11.3 Å². The van der Waals surface area contributed by atoms with E-state index >= 15 is 0 Å². The van der Waals surface area contributed by atoms with Crippen LogP contribution in [-0.2, 0) is 4.79 Å². The van der Waals surface area contributed by atoms with Gasteiger partial charge in [0.2, 0.25) is 0 Å². The molecule has 2 aliphatic rings. The predicted octanol–water partition coefficient (Wildman–Crippen LogP) is 1.15. The molecule has 0 heterocycles. The zero-order valence-electron chi connectivity index (χ0n) is 4.63. The Morgan fingerprint density at radius 3 is 2.88 bits per heavy atom. The van der Waals surface area contributed by atoms with E-state index in [0.717, 1.165) is 19.1 Å². The molecule has 0 amide bonds. The number of hydrogen-bond acceptors (Lipinski definition) is 1. The van der Waals surface area contributed by atoms with Crippen molar-refractivity contribution in [3.8, 4) is 0 Å². The van der Waals surface area contributed by atoms with E-state index in [1.165, 1.54) is 0 Å². The van der Waals surface area contributed by atoms with Crippen LogP contribution >= 0.6 is 0 Å². The Bertz CT molecular complexity index is 160. The maximum Gasteiger partial charge on any atom is 0.127 e. The summed E-state index contributed by atoms with van der Waals surface area (Å²) in [5.74, 6) is 0.625. The molecule has 1 nitrogen and oxygen atoms in total. The number of aldehydes is 1. The van der Waals surface area contributed by atoms with Crippen LogP contribution in [0.3, 0.4) is 0 Å². The predicted molar refractivity (Wildman–Crippen MR) is 30.4 cm³/mol. The summed E-state index contributed by atoms with van der Waals surface area (Å²) in [6.45, 7) is 0. The summed E-state index contributed by atoms with van der Waals surface area (Å²) < 4.78 is 0. The van der Waals surface area contributed by atoms with E-state index in [1.807, 2.05) is 0 Å². The van der Waals surface area contributed by atoms with E-state index in [2.05, 4.69) is 12.2 Å². The van der Waals surface area contributed by atoms with E-state index in [9.17, 15) is 4.79 Å². The van der Waals surface area contributed by atoms with Crippen LogP contribution in [0.1, 0.15) is 12.8 Å². The molecule has 0 aliphatic heterocycles. The van der Waals surface area contributed by atoms with Gasteiger partial charge in [-0.2, -0.15) is 0 Å². The van der Waals surface area contributed by atoms with Crippen LogP contribution in [0, 0.1) is 11.3 Å². The third kappa shape index (κ3) is 0.310. The van der Waals surface area contributed by atoms with Gasteiger partial charge in [-0.15, -0.1) is 0 Å². The highest BCUT2D eigenvalue weighted by molar-refractivity contribution is 5.67. The third-order valence-electron chi connectivity index (χ3n) is 2.28. The van der Waals surface area contributed by atoms with Crippen molar-refractivity contribution >= 4 is 6.29 Å². The van der Waals surface area contributed by atoms with Gasteiger partial charge in [0.1, 0.15) is 6.29 Å². The van der Waals surface area contributed by atoms with E-state index in [0.29, 0.717) is 5.92 Å². The van der Waals surface area contributed by atoms with Crippen molar-refractivity contribution in [3.63, 3.8) is 0 Å². The maximum absolute atomic E-state index is 10.3. The molecule has 0 aromatic heterocycles. The lowest BCUT2D eigenvalue weighted by atomic mass is 10.1. The molecular weight excluding hydrogens is 100 g/mol. The van der Waals surface area contributed by atoms with E-state index in [-0.39, 0.29) is 5.41 Å². The van der Waals surface area contributed by atoms with Gasteiger partial charge in [-0.1, -0.05) is 12.2 Å². The van der Waals surface area contributed by atoms with Gasteiger partial charge in [-0.05, 0) is 18.8 Å². The fraction of sp³-hybridized carbons (Fsp3) is 0.571. The molecule has 1 saturated carbocycles. The van der Waals surface area contributed by atoms with Crippen LogP contribution in [0.15, 0.2) is 12.2 Å². The molecule has 0 radical (unpaired) electrons. The first-order valence-corrected chi connectivity index (χ1v) is 3.00. The van der Waals surface area contributed by atoms with Crippen molar-refractivity contribution in [1.82, 2.24) is 0 Å². The van der Waals surface area contributed by atoms with E-state index in [4.69, 9.17) is 0 Å². The molecule has 0 N–H and O–H groups in total. The van der Waals surface area contributed by atoms with Crippen LogP contribution in [0.2, 0.25) is 0 Å². The summed E-state index contributed by atoms with van der Waals surface area (Å²) >= 11 is 0. The average molecular weight is 108 g/mol. The summed E-state index contributed by atoms with van der Waals surface area (Å²) in [6, 6.07) is 0. The first kappa shape index (κ1) is 4.30. The molecule has 42 valence electrons. The molecule has 2 rings (SSSR count). The van der Waals surface area contributed by atoms with Gasteiger partial charge in [-0.25, -0.2) is 0 Å². The topological polar surface area (TPSA) is 17.1 Å². The van der Waals surface area contributed by atoms with Gasteiger partial charge in [0, 0.05) is 5.41 Å². The quantitative estimate of drug-likeness (QED) is 0.364. The molecule has 0 aromatic carbocycles. The largest absolute Gasteiger partial charge is 0.303 e. The standard InChI is InChI=1S/C7H8O/c8-5-7-3-1-2-6(7)4-7/h1-2,5-6H,3-4H2/t6-,7-/m0/s1. The first-order valence-electron chi connectivity index (χ1n) is 3.00. The van der Waals surface area contributed by atoms with Gasteiger partial charge in [0.15, 0.2) is 0 Å². The van der Waals surface area contributed by atoms with Gasteiger partial charge in [0.05, 0.1) is 0 Å². The van der Waals surface area contributed by atoms with Crippen molar-refractivity contribution in [2.75, 3.05) is 0 Å². The fourth-order valence-corrected chi connectivity index (χ4v) is 1.48. The zero-order valence-corrected chi connectivity index (χ0v) is 4.63. The summed E-state index contributed by atoms with van der Waals surface area (Å²) in [5.41, 5.74) is 0.111. The SMILES string of the molecule is O=C[C@@]12CC=C[C@H]1C2. The maximum atomic E-state index is 10.3. The normalized spacial score (nSPS) is 48.8. The van der Waals surface area contributed by atoms with Crippen LogP contribution < -0.4 is 0 Å². The minimum Gasteiger partial charge on any atom is -0.303 e. The van der Waals surface area contributed by atoms with Crippen molar-refractivity contribution in [1.29, 1.82) is 0 Å². The molecule has 0 saturated heterocycles. The minimum atomic E-state index is 0.111. The lowest BCUT2D eigenvalue weighted by Crippen LogP contribution is -1.98. The molecule has 0 aromatic rings. The lowest BCUT2D eigenvalue weighted by molar-refractivity contribution is -0.112. The Hall–Kier alpha value is -0.590. The van der Waals surface area contributed by atoms with E-state index < -0.39 is 0 Å². The van der Waals surface area contributed by atoms with Gasteiger partial charge >= 0.3 is 0 Å². The minimum absolute atomic E-state index is 0.111.